The van der Waals surface area contributed by atoms with Gasteiger partial charge in [0.1, 0.15) is 5.82 Å². The minimum Gasteiger partial charge on any atom is -0.324 e. The van der Waals surface area contributed by atoms with E-state index in [0.717, 1.165) is 24.5 Å². The largest absolute Gasteiger partial charge is 0.324 e. The van der Waals surface area contributed by atoms with Crippen molar-refractivity contribution in [2.45, 2.75) is 33.2 Å². The second kappa shape index (κ2) is 6.31. The predicted molar refractivity (Wildman–Crippen MR) is 78.8 cm³/mol. The minimum atomic E-state index is -0.427. The van der Waals surface area contributed by atoms with E-state index in [9.17, 15) is 10.1 Å². The Bertz CT molecular complexity index is 652. The van der Waals surface area contributed by atoms with E-state index in [-0.39, 0.29) is 5.69 Å². The van der Waals surface area contributed by atoms with Crippen LogP contribution in [0.25, 0.3) is 0 Å². The maximum Gasteiger partial charge on any atom is 0.269 e. The number of nitrogens with two attached hydrogens (primary N) is 1. The molecule has 3 N–H and O–H groups in total. The van der Waals surface area contributed by atoms with Crippen LogP contribution in [0.3, 0.4) is 0 Å². The molecule has 8 heteroatoms. The number of rotatable bonds is 6. The molecule has 1 aromatic heterocycles. The van der Waals surface area contributed by atoms with Gasteiger partial charge >= 0.3 is 0 Å². The van der Waals surface area contributed by atoms with Crippen LogP contribution < -0.4 is 11.3 Å². The van der Waals surface area contributed by atoms with Crippen LogP contribution in [0.2, 0.25) is 0 Å². The molecule has 0 fully saturated rings. The van der Waals surface area contributed by atoms with E-state index in [4.69, 9.17) is 5.84 Å². The molecule has 0 saturated heterocycles. The van der Waals surface area contributed by atoms with Crippen molar-refractivity contribution < 1.29 is 4.92 Å². The average Bonchev–Trinajstić information content (AvgIpc) is 2.89. The smallest absolute Gasteiger partial charge is 0.269 e. The van der Waals surface area contributed by atoms with Gasteiger partial charge < -0.3 is 5.43 Å². The Morgan fingerprint density at radius 2 is 2.14 bits per heavy atom. The highest BCUT2D eigenvalue weighted by atomic mass is 16.6. The Balaban J connectivity index is 2.39. The van der Waals surface area contributed by atoms with Gasteiger partial charge in [0.25, 0.3) is 5.69 Å². The van der Waals surface area contributed by atoms with Crippen molar-refractivity contribution in [3.63, 3.8) is 0 Å². The lowest BCUT2D eigenvalue weighted by atomic mass is 10.1. The first-order chi connectivity index (χ1) is 10.1. The molecule has 8 nitrogen and oxygen atoms in total. The number of hydrazine groups is 1. The van der Waals surface area contributed by atoms with Gasteiger partial charge in [-0.15, -0.1) is 0 Å². The molecular formula is C13H18N6O2. The number of nitro groups is 1. The fraction of sp³-hybridized carbons (Fsp3) is 0.385. The molecule has 0 atom stereocenters. The van der Waals surface area contributed by atoms with Gasteiger partial charge in [-0.3, -0.25) is 16.0 Å². The Hall–Kier alpha value is -2.48. The van der Waals surface area contributed by atoms with Crippen molar-refractivity contribution in [2.75, 3.05) is 5.43 Å². The summed E-state index contributed by atoms with van der Waals surface area (Å²) in [5, 5.41) is 15.3. The number of nitrogens with zero attached hydrogens (tertiary/aromatic N) is 4. The van der Waals surface area contributed by atoms with Crippen molar-refractivity contribution in [2.24, 2.45) is 5.84 Å². The standard InChI is InChI=1S/C13H18N6O2/c1-3-12-15-13(4-2)18(17-12)8-9-7-10(19(20)21)5-6-11(9)16-14/h5-7,16H,3-4,8,14H2,1-2H3. The fourth-order valence-electron chi connectivity index (χ4n) is 2.09. The van der Waals surface area contributed by atoms with Crippen LogP contribution in [0.5, 0.6) is 0 Å². The van der Waals surface area contributed by atoms with Gasteiger partial charge in [0, 0.05) is 30.5 Å². The summed E-state index contributed by atoms with van der Waals surface area (Å²) in [5.74, 6) is 7.08. The van der Waals surface area contributed by atoms with Crippen LogP contribution in [-0.4, -0.2) is 19.7 Å². The minimum absolute atomic E-state index is 0.0258. The molecule has 21 heavy (non-hydrogen) atoms. The highest BCUT2D eigenvalue weighted by Gasteiger charge is 2.14. The van der Waals surface area contributed by atoms with Crippen LogP contribution in [-0.2, 0) is 19.4 Å². The number of anilines is 1. The number of non-ortho nitro benzene ring substituents is 1. The van der Waals surface area contributed by atoms with E-state index in [2.05, 4.69) is 15.5 Å². The highest BCUT2D eigenvalue weighted by Crippen LogP contribution is 2.22. The number of benzene rings is 1. The Morgan fingerprint density at radius 1 is 1.38 bits per heavy atom. The summed E-state index contributed by atoms with van der Waals surface area (Å²) >= 11 is 0. The van der Waals surface area contributed by atoms with E-state index in [1.807, 2.05) is 13.8 Å². The summed E-state index contributed by atoms with van der Waals surface area (Å²) < 4.78 is 1.76. The van der Waals surface area contributed by atoms with E-state index < -0.39 is 4.92 Å². The zero-order valence-corrected chi connectivity index (χ0v) is 12.0. The van der Waals surface area contributed by atoms with Crippen molar-refractivity contribution >= 4 is 11.4 Å². The summed E-state index contributed by atoms with van der Waals surface area (Å²) in [6.45, 7) is 4.37. The molecule has 0 amide bonds. The van der Waals surface area contributed by atoms with E-state index >= 15 is 0 Å². The molecule has 1 aromatic carbocycles. The van der Waals surface area contributed by atoms with Crippen LogP contribution >= 0.6 is 0 Å². The molecule has 0 bridgehead atoms. The normalized spacial score (nSPS) is 10.6. The Kier molecular flexibility index (Phi) is 4.49. The van der Waals surface area contributed by atoms with Crippen LogP contribution in [0.4, 0.5) is 11.4 Å². The van der Waals surface area contributed by atoms with Crippen LogP contribution in [0, 0.1) is 10.1 Å². The zero-order chi connectivity index (χ0) is 15.4. The fourth-order valence-corrected chi connectivity index (χ4v) is 2.09. The van der Waals surface area contributed by atoms with Crippen molar-refractivity contribution in [1.82, 2.24) is 14.8 Å². The molecule has 0 aliphatic heterocycles. The molecule has 0 aliphatic rings. The SMILES string of the molecule is CCc1nc(CC)n(Cc2cc([N+](=O)[O-])ccc2NN)n1. The number of nitrogens with one attached hydrogen (secondary N) is 1. The lowest BCUT2D eigenvalue weighted by molar-refractivity contribution is -0.384. The Morgan fingerprint density at radius 3 is 2.71 bits per heavy atom. The molecule has 0 radical (unpaired) electrons. The summed E-state index contributed by atoms with van der Waals surface area (Å²) in [6, 6.07) is 4.51. The number of nitrogen functional groups attached to an aromatic ring is 1. The second-order valence-corrected chi connectivity index (χ2v) is 4.55. The third-order valence-electron chi connectivity index (χ3n) is 3.20. The quantitative estimate of drug-likeness (QED) is 0.475. The third kappa shape index (κ3) is 3.16. The molecule has 0 saturated carbocycles. The maximum atomic E-state index is 10.9. The van der Waals surface area contributed by atoms with E-state index in [0.29, 0.717) is 17.8 Å². The lowest BCUT2D eigenvalue weighted by Crippen LogP contribution is -2.13. The van der Waals surface area contributed by atoms with E-state index in [1.54, 1.807) is 10.7 Å². The van der Waals surface area contributed by atoms with E-state index in [1.165, 1.54) is 12.1 Å². The average molecular weight is 290 g/mol. The number of aromatic nitrogens is 3. The molecule has 112 valence electrons. The number of hydrogen-bond donors (Lipinski definition) is 2. The highest BCUT2D eigenvalue weighted by molar-refractivity contribution is 5.55. The molecule has 1 heterocycles. The van der Waals surface area contributed by atoms with Crippen LogP contribution in [0.1, 0.15) is 31.1 Å². The van der Waals surface area contributed by atoms with Crippen molar-refractivity contribution in [3.05, 3.63) is 45.5 Å². The van der Waals surface area contributed by atoms with Gasteiger partial charge in [-0.2, -0.15) is 5.10 Å². The van der Waals surface area contributed by atoms with Gasteiger partial charge in [-0.1, -0.05) is 13.8 Å². The Labute approximate surface area is 122 Å². The van der Waals surface area contributed by atoms with Crippen LogP contribution in [0.15, 0.2) is 18.2 Å². The molecule has 2 rings (SSSR count). The first-order valence-electron chi connectivity index (χ1n) is 6.75. The zero-order valence-electron chi connectivity index (χ0n) is 12.0. The summed E-state index contributed by atoms with van der Waals surface area (Å²) in [5.41, 5.74) is 3.92. The third-order valence-corrected chi connectivity index (χ3v) is 3.20. The second-order valence-electron chi connectivity index (χ2n) is 4.55. The molecule has 0 unspecified atom stereocenters. The van der Waals surface area contributed by atoms with Gasteiger partial charge in [-0.25, -0.2) is 9.67 Å². The van der Waals surface area contributed by atoms with Gasteiger partial charge in [-0.05, 0) is 6.07 Å². The molecule has 2 aromatic rings. The van der Waals surface area contributed by atoms with Gasteiger partial charge in [0.05, 0.1) is 17.2 Å². The predicted octanol–water partition coefficient (Wildman–Crippen LogP) is 1.64. The first-order valence-corrected chi connectivity index (χ1v) is 6.75. The summed E-state index contributed by atoms with van der Waals surface area (Å²) in [7, 11) is 0. The maximum absolute atomic E-state index is 10.9. The molecule has 0 aliphatic carbocycles. The molecule has 0 spiro atoms. The summed E-state index contributed by atoms with van der Waals surface area (Å²) in [6.07, 6.45) is 1.49. The summed E-state index contributed by atoms with van der Waals surface area (Å²) in [4.78, 5) is 14.9. The molecular weight excluding hydrogens is 272 g/mol. The monoisotopic (exact) mass is 290 g/mol. The number of aryl methyl sites for hydroxylation is 2. The topological polar surface area (TPSA) is 112 Å². The van der Waals surface area contributed by atoms with Gasteiger partial charge in [0.15, 0.2) is 5.82 Å². The first kappa shape index (κ1) is 14.9. The van der Waals surface area contributed by atoms with Gasteiger partial charge in [0.2, 0.25) is 0 Å². The lowest BCUT2D eigenvalue weighted by Gasteiger charge is -2.10. The number of hydrogen-bond acceptors (Lipinski definition) is 6. The number of nitro benzene ring substituents is 1. The van der Waals surface area contributed by atoms with Crippen molar-refractivity contribution in [3.8, 4) is 0 Å². The van der Waals surface area contributed by atoms with Crippen molar-refractivity contribution in [1.29, 1.82) is 0 Å².